The fourth-order valence-electron chi connectivity index (χ4n) is 2.94. The molecule has 0 aliphatic heterocycles. The molecule has 2 aromatic carbocycles. The van der Waals surface area contributed by atoms with Crippen molar-refractivity contribution in [2.75, 3.05) is 5.32 Å². The number of hydrogen-bond acceptors (Lipinski definition) is 4. The molecular weight excluding hydrogens is 308 g/mol. The number of hydrogen-bond donors (Lipinski definition) is 1. The van der Waals surface area contributed by atoms with Gasteiger partial charge < -0.3 is 9.73 Å². The Morgan fingerprint density at radius 3 is 2.62 bits per heavy atom. The summed E-state index contributed by atoms with van der Waals surface area (Å²) < 4.78 is 4.92. The molecule has 118 valence electrons. The molecule has 4 rings (SSSR count). The van der Waals surface area contributed by atoms with Crippen molar-refractivity contribution in [1.29, 1.82) is 0 Å². The smallest absolute Gasteiger partial charge is 0.395 e. The van der Waals surface area contributed by atoms with Crippen molar-refractivity contribution < 1.29 is 14.1 Å². The van der Waals surface area contributed by atoms with E-state index in [0.29, 0.717) is 5.69 Å². The summed E-state index contributed by atoms with van der Waals surface area (Å²) in [6.45, 7) is 0. The molecule has 0 spiro atoms. The van der Waals surface area contributed by atoms with Crippen LogP contribution < -0.4 is 5.32 Å². The molecule has 6 nitrogen and oxygen atoms in total. The van der Waals surface area contributed by atoms with Crippen LogP contribution in [0, 0.1) is 10.1 Å². The number of furan rings is 1. The van der Waals surface area contributed by atoms with Crippen LogP contribution in [0.15, 0.2) is 59.0 Å². The van der Waals surface area contributed by atoms with Gasteiger partial charge in [-0.3, -0.25) is 14.9 Å². The number of benzene rings is 2. The number of nitrogens with one attached hydrogen (secondary N) is 1. The van der Waals surface area contributed by atoms with E-state index in [2.05, 4.69) is 17.4 Å². The second-order valence-corrected chi connectivity index (χ2v) is 5.55. The third kappa shape index (κ3) is 2.34. The molecule has 1 aromatic heterocycles. The van der Waals surface area contributed by atoms with Gasteiger partial charge in [-0.2, -0.15) is 0 Å². The Hall–Kier alpha value is -3.41. The quantitative estimate of drug-likeness (QED) is 0.456. The molecule has 0 saturated carbocycles. The highest BCUT2D eigenvalue weighted by Crippen LogP contribution is 2.37. The summed E-state index contributed by atoms with van der Waals surface area (Å²) in [5.41, 5.74) is 5.35. The van der Waals surface area contributed by atoms with Crippen LogP contribution in [-0.2, 0) is 6.42 Å². The van der Waals surface area contributed by atoms with Crippen molar-refractivity contribution in [1.82, 2.24) is 0 Å². The zero-order chi connectivity index (χ0) is 16.7. The first-order chi connectivity index (χ1) is 11.6. The van der Waals surface area contributed by atoms with Gasteiger partial charge in [0.1, 0.15) is 4.92 Å². The third-order valence-corrected chi connectivity index (χ3v) is 4.05. The summed E-state index contributed by atoms with van der Waals surface area (Å²) in [6.07, 6.45) is 0.879. The van der Waals surface area contributed by atoms with Gasteiger partial charge in [0.25, 0.3) is 5.91 Å². The first kappa shape index (κ1) is 14.2. The highest BCUT2D eigenvalue weighted by molar-refractivity contribution is 6.03. The maximum Gasteiger partial charge on any atom is 0.433 e. The van der Waals surface area contributed by atoms with Crippen LogP contribution in [0.5, 0.6) is 0 Å². The lowest BCUT2D eigenvalue weighted by Crippen LogP contribution is -2.10. The second kappa shape index (κ2) is 5.34. The normalized spacial score (nSPS) is 11.7. The van der Waals surface area contributed by atoms with Crippen LogP contribution in [0.4, 0.5) is 11.6 Å². The van der Waals surface area contributed by atoms with E-state index >= 15 is 0 Å². The number of carbonyl (C=O) groups excluding carboxylic acids is 1. The van der Waals surface area contributed by atoms with Crippen LogP contribution in [0.1, 0.15) is 21.7 Å². The van der Waals surface area contributed by atoms with Crippen molar-refractivity contribution in [3.8, 4) is 11.1 Å². The number of fused-ring (bicyclic) bond motifs is 3. The van der Waals surface area contributed by atoms with Crippen LogP contribution in [-0.4, -0.2) is 10.8 Å². The average Bonchev–Trinajstić information content (AvgIpc) is 3.19. The molecule has 1 N–H and O–H groups in total. The van der Waals surface area contributed by atoms with E-state index in [4.69, 9.17) is 4.42 Å². The lowest BCUT2D eigenvalue weighted by atomic mass is 10.1. The molecule has 0 saturated heterocycles. The van der Waals surface area contributed by atoms with Gasteiger partial charge in [0.05, 0.1) is 6.07 Å². The van der Waals surface area contributed by atoms with Crippen molar-refractivity contribution in [3.05, 3.63) is 81.6 Å². The lowest BCUT2D eigenvalue weighted by molar-refractivity contribution is -0.402. The predicted molar refractivity (Wildman–Crippen MR) is 88.0 cm³/mol. The second-order valence-electron chi connectivity index (χ2n) is 5.55. The lowest BCUT2D eigenvalue weighted by Gasteiger charge is -2.06. The topological polar surface area (TPSA) is 85.4 Å². The highest BCUT2D eigenvalue weighted by atomic mass is 16.6. The molecule has 0 unspecified atom stereocenters. The Morgan fingerprint density at radius 2 is 1.83 bits per heavy atom. The fourth-order valence-corrected chi connectivity index (χ4v) is 2.94. The molecule has 0 fully saturated rings. The minimum absolute atomic E-state index is 0.0948. The van der Waals surface area contributed by atoms with Gasteiger partial charge in [0.2, 0.25) is 0 Å². The molecule has 1 aliphatic rings. The molecule has 24 heavy (non-hydrogen) atoms. The van der Waals surface area contributed by atoms with Gasteiger partial charge in [0.15, 0.2) is 5.76 Å². The largest absolute Gasteiger partial charge is 0.433 e. The van der Waals surface area contributed by atoms with Crippen molar-refractivity contribution in [3.63, 3.8) is 0 Å². The van der Waals surface area contributed by atoms with E-state index < -0.39 is 16.7 Å². The van der Waals surface area contributed by atoms with Gasteiger partial charge in [-0.05, 0) is 46.9 Å². The van der Waals surface area contributed by atoms with E-state index in [0.717, 1.165) is 23.6 Å². The zero-order valence-electron chi connectivity index (χ0n) is 12.5. The first-order valence-electron chi connectivity index (χ1n) is 7.38. The Morgan fingerprint density at radius 1 is 1.04 bits per heavy atom. The summed E-state index contributed by atoms with van der Waals surface area (Å²) in [7, 11) is 0. The van der Waals surface area contributed by atoms with E-state index in [-0.39, 0.29) is 5.76 Å². The van der Waals surface area contributed by atoms with Crippen molar-refractivity contribution >= 4 is 17.5 Å². The summed E-state index contributed by atoms with van der Waals surface area (Å²) >= 11 is 0. The fraction of sp³-hybridized carbons (Fsp3) is 0.0556. The third-order valence-electron chi connectivity index (χ3n) is 4.05. The number of rotatable bonds is 3. The summed E-state index contributed by atoms with van der Waals surface area (Å²) in [6, 6.07) is 16.3. The Balaban J connectivity index is 1.60. The molecule has 1 heterocycles. The van der Waals surface area contributed by atoms with E-state index in [1.807, 2.05) is 30.3 Å². The van der Waals surface area contributed by atoms with Crippen LogP contribution >= 0.6 is 0 Å². The number of anilines is 1. The molecule has 1 amide bonds. The van der Waals surface area contributed by atoms with Gasteiger partial charge >= 0.3 is 5.88 Å². The van der Waals surface area contributed by atoms with Crippen molar-refractivity contribution in [2.24, 2.45) is 0 Å². The SMILES string of the molecule is O=C(Nc1ccc2c(c1)-c1ccccc1C2)c1ccc([N+](=O)[O-])o1. The van der Waals surface area contributed by atoms with Crippen LogP contribution in [0.25, 0.3) is 11.1 Å². The molecule has 0 bridgehead atoms. The maximum atomic E-state index is 12.2. The number of amides is 1. The molecule has 0 radical (unpaired) electrons. The monoisotopic (exact) mass is 320 g/mol. The standard InChI is InChI=1S/C18H12N2O4/c21-18(16-7-8-17(24-16)20(22)23)19-13-6-5-12-9-11-3-1-2-4-14(11)15(12)10-13/h1-8,10H,9H2,(H,19,21). The maximum absolute atomic E-state index is 12.2. The highest BCUT2D eigenvalue weighted by Gasteiger charge is 2.20. The number of carbonyl (C=O) groups is 1. The van der Waals surface area contributed by atoms with Gasteiger partial charge in [-0.1, -0.05) is 30.3 Å². The van der Waals surface area contributed by atoms with Gasteiger partial charge in [0, 0.05) is 5.69 Å². The number of nitro groups is 1. The van der Waals surface area contributed by atoms with E-state index in [1.54, 1.807) is 0 Å². The molecule has 6 heteroatoms. The molecule has 0 atom stereocenters. The molecule has 1 aliphatic carbocycles. The van der Waals surface area contributed by atoms with E-state index in [9.17, 15) is 14.9 Å². The predicted octanol–water partition coefficient (Wildman–Crippen LogP) is 4.01. The Bertz CT molecular complexity index is 975. The van der Waals surface area contributed by atoms with E-state index in [1.165, 1.54) is 17.2 Å². The van der Waals surface area contributed by atoms with Gasteiger partial charge in [-0.25, -0.2) is 0 Å². The first-order valence-corrected chi connectivity index (χ1v) is 7.38. The minimum Gasteiger partial charge on any atom is -0.395 e. The summed E-state index contributed by atoms with van der Waals surface area (Å²) in [5.74, 6) is -1.07. The minimum atomic E-state index is -0.677. The van der Waals surface area contributed by atoms with Crippen LogP contribution in [0.3, 0.4) is 0 Å². The van der Waals surface area contributed by atoms with Crippen LogP contribution in [0.2, 0.25) is 0 Å². The van der Waals surface area contributed by atoms with Crippen molar-refractivity contribution in [2.45, 2.75) is 6.42 Å². The average molecular weight is 320 g/mol. The Kier molecular flexibility index (Phi) is 3.16. The number of nitrogens with zero attached hydrogens (tertiary/aromatic N) is 1. The Labute approximate surface area is 136 Å². The summed E-state index contributed by atoms with van der Waals surface area (Å²) in [5, 5.41) is 13.3. The molecule has 3 aromatic rings. The molecular formula is C18H12N2O4. The summed E-state index contributed by atoms with van der Waals surface area (Å²) in [4.78, 5) is 22.1. The van der Waals surface area contributed by atoms with Gasteiger partial charge in [-0.15, -0.1) is 0 Å². The zero-order valence-corrected chi connectivity index (χ0v) is 12.5.